The molecule has 8 heteroatoms. The summed E-state index contributed by atoms with van der Waals surface area (Å²) in [5.41, 5.74) is 0.476. The third kappa shape index (κ3) is 5.97. The van der Waals surface area contributed by atoms with Crippen LogP contribution in [0.15, 0.2) is 83.8 Å². The molecule has 1 N–H and O–H groups in total. The number of nitrogens with zero attached hydrogens (tertiary/aromatic N) is 1. The molecule has 34 heavy (non-hydrogen) atoms. The Labute approximate surface area is 205 Å². The van der Waals surface area contributed by atoms with E-state index in [9.17, 15) is 13.2 Å². The van der Waals surface area contributed by atoms with E-state index in [0.29, 0.717) is 22.2 Å². The third-order valence-corrected chi connectivity index (χ3v) is 8.00. The molecular weight excluding hydrogens is 472 g/mol. The second-order valence-corrected chi connectivity index (χ2v) is 10.6. The van der Waals surface area contributed by atoms with Crippen LogP contribution in [0.3, 0.4) is 0 Å². The molecule has 1 aliphatic rings. The Balaban J connectivity index is 1.55. The molecule has 4 rings (SSSR count). The Morgan fingerprint density at radius 3 is 2.26 bits per heavy atom. The number of carbonyl (C=O) groups is 1. The molecule has 3 aromatic rings. The smallest absolute Gasteiger partial charge is 0.243 e. The van der Waals surface area contributed by atoms with Gasteiger partial charge in [0.05, 0.1) is 17.1 Å². The molecule has 0 radical (unpaired) electrons. The molecular formula is C26H27ClN2O4S. The SMILES string of the molecule is O=C(CN(C1CCCCC1)S(=O)(=O)c1ccc(Cl)cc1)Nc1ccccc1Oc1ccccc1. The topological polar surface area (TPSA) is 75.7 Å². The molecule has 0 heterocycles. The predicted molar refractivity (Wildman–Crippen MR) is 134 cm³/mol. The van der Waals surface area contributed by atoms with E-state index in [-0.39, 0.29) is 17.5 Å². The first-order valence-corrected chi connectivity index (χ1v) is 13.1. The number of nitrogens with one attached hydrogen (secondary N) is 1. The highest BCUT2D eigenvalue weighted by Crippen LogP contribution is 2.31. The van der Waals surface area contributed by atoms with E-state index < -0.39 is 15.9 Å². The maximum absolute atomic E-state index is 13.5. The molecule has 1 fully saturated rings. The van der Waals surface area contributed by atoms with Gasteiger partial charge >= 0.3 is 0 Å². The minimum absolute atomic E-state index is 0.128. The van der Waals surface area contributed by atoms with E-state index in [4.69, 9.17) is 16.3 Å². The van der Waals surface area contributed by atoms with Crippen LogP contribution in [0, 0.1) is 0 Å². The lowest BCUT2D eigenvalue weighted by atomic mass is 9.95. The Bertz CT molecular complexity index is 1210. The molecule has 0 unspecified atom stereocenters. The van der Waals surface area contributed by atoms with Crippen molar-refractivity contribution in [1.82, 2.24) is 4.31 Å². The Morgan fingerprint density at radius 2 is 1.56 bits per heavy atom. The van der Waals surface area contributed by atoms with Gasteiger partial charge < -0.3 is 10.1 Å². The van der Waals surface area contributed by atoms with Crippen molar-refractivity contribution in [3.05, 3.63) is 83.9 Å². The summed E-state index contributed by atoms with van der Waals surface area (Å²) in [5, 5.41) is 3.30. The van der Waals surface area contributed by atoms with Crippen LogP contribution >= 0.6 is 11.6 Å². The van der Waals surface area contributed by atoms with E-state index >= 15 is 0 Å². The lowest BCUT2D eigenvalue weighted by molar-refractivity contribution is -0.116. The van der Waals surface area contributed by atoms with E-state index in [1.807, 2.05) is 36.4 Å². The molecule has 178 valence electrons. The van der Waals surface area contributed by atoms with Crippen molar-refractivity contribution in [2.75, 3.05) is 11.9 Å². The molecule has 0 atom stereocenters. The highest BCUT2D eigenvalue weighted by molar-refractivity contribution is 7.89. The van der Waals surface area contributed by atoms with Gasteiger partial charge in [0, 0.05) is 11.1 Å². The van der Waals surface area contributed by atoms with E-state index in [0.717, 1.165) is 32.1 Å². The Morgan fingerprint density at radius 1 is 0.912 bits per heavy atom. The van der Waals surface area contributed by atoms with Crippen molar-refractivity contribution in [1.29, 1.82) is 0 Å². The maximum atomic E-state index is 13.5. The number of benzene rings is 3. The maximum Gasteiger partial charge on any atom is 0.243 e. The average molecular weight is 499 g/mol. The highest BCUT2D eigenvalue weighted by atomic mass is 35.5. The van der Waals surface area contributed by atoms with Crippen LogP contribution in [0.1, 0.15) is 32.1 Å². The van der Waals surface area contributed by atoms with Crippen LogP contribution in [-0.4, -0.2) is 31.2 Å². The summed E-state index contributed by atoms with van der Waals surface area (Å²) in [5.74, 6) is 0.692. The number of anilines is 1. The number of amides is 1. The zero-order chi connectivity index (χ0) is 24.0. The average Bonchev–Trinajstić information content (AvgIpc) is 2.85. The van der Waals surface area contributed by atoms with Crippen LogP contribution < -0.4 is 10.1 Å². The summed E-state index contributed by atoms with van der Waals surface area (Å²) in [7, 11) is -3.88. The number of sulfonamides is 1. The number of halogens is 1. The monoisotopic (exact) mass is 498 g/mol. The van der Waals surface area contributed by atoms with E-state index in [1.54, 1.807) is 30.3 Å². The number of carbonyl (C=O) groups excluding carboxylic acids is 1. The lowest BCUT2D eigenvalue weighted by Crippen LogP contribution is -2.45. The zero-order valence-electron chi connectivity index (χ0n) is 18.7. The van der Waals surface area contributed by atoms with E-state index in [2.05, 4.69) is 5.32 Å². The van der Waals surface area contributed by atoms with Gasteiger partial charge in [-0.3, -0.25) is 4.79 Å². The van der Waals surface area contributed by atoms with Gasteiger partial charge in [-0.05, 0) is 61.4 Å². The summed E-state index contributed by atoms with van der Waals surface area (Å²) in [4.78, 5) is 13.2. The van der Waals surface area contributed by atoms with Crippen molar-refractivity contribution in [3.8, 4) is 11.5 Å². The number of ether oxygens (including phenoxy) is 1. The van der Waals surface area contributed by atoms with Gasteiger partial charge in [0.2, 0.25) is 15.9 Å². The predicted octanol–water partition coefficient (Wildman–Crippen LogP) is 6.09. The number of para-hydroxylation sites is 3. The van der Waals surface area contributed by atoms with Crippen molar-refractivity contribution in [2.45, 2.75) is 43.0 Å². The van der Waals surface area contributed by atoms with Gasteiger partial charge in [0.1, 0.15) is 5.75 Å². The fraction of sp³-hybridized carbons (Fsp3) is 0.269. The summed E-state index contributed by atoms with van der Waals surface area (Å²) in [6.45, 7) is -0.282. The molecule has 1 amide bonds. The normalized spacial score (nSPS) is 14.6. The summed E-state index contributed by atoms with van der Waals surface area (Å²) in [6, 6.07) is 22.2. The number of hydrogen-bond acceptors (Lipinski definition) is 4. The van der Waals surface area contributed by atoms with Crippen molar-refractivity contribution in [2.24, 2.45) is 0 Å². The quantitative estimate of drug-likeness (QED) is 0.407. The van der Waals surface area contributed by atoms with Crippen LogP contribution in [0.4, 0.5) is 5.69 Å². The summed E-state index contributed by atoms with van der Waals surface area (Å²) >= 11 is 5.95. The van der Waals surface area contributed by atoms with Crippen molar-refractivity contribution in [3.63, 3.8) is 0 Å². The zero-order valence-corrected chi connectivity index (χ0v) is 20.3. The first-order chi connectivity index (χ1) is 16.4. The second kappa shape index (κ2) is 11.0. The fourth-order valence-electron chi connectivity index (χ4n) is 4.13. The molecule has 0 spiro atoms. The minimum atomic E-state index is -3.88. The van der Waals surface area contributed by atoms with E-state index in [1.165, 1.54) is 16.4 Å². The summed E-state index contributed by atoms with van der Waals surface area (Å²) < 4.78 is 34.3. The van der Waals surface area contributed by atoms with Gasteiger partial charge in [0.15, 0.2) is 5.75 Å². The third-order valence-electron chi connectivity index (χ3n) is 5.83. The van der Waals surface area contributed by atoms with Crippen LogP contribution in [0.2, 0.25) is 5.02 Å². The van der Waals surface area contributed by atoms with Crippen LogP contribution in [0.25, 0.3) is 0 Å². The van der Waals surface area contributed by atoms with Crippen LogP contribution in [0.5, 0.6) is 11.5 Å². The molecule has 1 saturated carbocycles. The largest absolute Gasteiger partial charge is 0.455 e. The molecule has 0 bridgehead atoms. The van der Waals surface area contributed by atoms with Crippen LogP contribution in [-0.2, 0) is 14.8 Å². The molecule has 1 aliphatic carbocycles. The number of rotatable bonds is 8. The van der Waals surface area contributed by atoms with Gasteiger partial charge in [-0.15, -0.1) is 0 Å². The fourth-order valence-corrected chi connectivity index (χ4v) is 5.89. The lowest BCUT2D eigenvalue weighted by Gasteiger charge is -2.33. The van der Waals surface area contributed by atoms with Gasteiger partial charge in [0.25, 0.3) is 0 Å². The first kappa shape index (κ1) is 24.3. The van der Waals surface area contributed by atoms with Gasteiger partial charge in [-0.25, -0.2) is 8.42 Å². The first-order valence-electron chi connectivity index (χ1n) is 11.3. The molecule has 3 aromatic carbocycles. The summed E-state index contributed by atoms with van der Waals surface area (Å²) in [6.07, 6.45) is 4.41. The van der Waals surface area contributed by atoms with Crippen molar-refractivity contribution >= 4 is 33.2 Å². The van der Waals surface area contributed by atoms with Gasteiger partial charge in [-0.1, -0.05) is 61.2 Å². The Kier molecular flexibility index (Phi) is 7.88. The second-order valence-electron chi connectivity index (χ2n) is 8.26. The molecule has 6 nitrogen and oxygen atoms in total. The molecule has 0 saturated heterocycles. The molecule has 0 aromatic heterocycles. The molecule has 0 aliphatic heterocycles. The minimum Gasteiger partial charge on any atom is -0.455 e. The number of hydrogen-bond donors (Lipinski definition) is 1. The Hall–Kier alpha value is -2.87. The van der Waals surface area contributed by atoms with Crippen molar-refractivity contribution < 1.29 is 17.9 Å². The standard InChI is InChI=1S/C26H27ClN2O4S/c27-20-15-17-23(18-16-20)34(31,32)29(21-9-3-1-4-10-21)19-26(30)28-24-13-7-8-14-25(24)33-22-11-5-2-6-12-22/h2,5-8,11-18,21H,1,3-4,9-10,19H2,(H,28,30). The highest BCUT2D eigenvalue weighted by Gasteiger charge is 2.34. The van der Waals surface area contributed by atoms with Gasteiger partial charge in [-0.2, -0.15) is 4.31 Å².